The van der Waals surface area contributed by atoms with Crippen molar-refractivity contribution >= 4 is 34.6 Å². The quantitative estimate of drug-likeness (QED) is 0.390. The number of hydrogen-bond acceptors (Lipinski definition) is 6. The fourth-order valence-electron chi connectivity index (χ4n) is 3.37. The molecular weight excluding hydrogens is 467 g/mol. The summed E-state index contributed by atoms with van der Waals surface area (Å²) in [5, 5.41) is 3.29. The van der Waals surface area contributed by atoms with Crippen molar-refractivity contribution in [2.45, 2.75) is 20.5 Å². The zero-order valence-corrected chi connectivity index (χ0v) is 20.4. The Morgan fingerprint density at radius 3 is 2.51 bits per heavy atom. The predicted molar refractivity (Wildman–Crippen MR) is 137 cm³/mol. The zero-order valence-electron chi connectivity index (χ0n) is 19.6. The molecule has 6 nitrogen and oxygen atoms in total. The third kappa shape index (κ3) is 6.22. The van der Waals surface area contributed by atoms with Crippen molar-refractivity contribution in [3.05, 3.63) is 88.1 Å². The van der Waals surface area contributed by atoms with Crippen LogP contribution >= 0.6 is 11.8 Å². The topological polar surface area (TPSA) is 69.2 Å². The Morgan fingerprint density at radius 2 is 1.77 bits per heavy atom. The average molecular weight is 493 g/mol. The van der Waals surface area contributed by atoms with Crippen molar-refractivity contribution in [3.63, 3.8) is 0 Å². The summed E-state index contributed by atoms with van der Waals surface area (Å²) >= 11 is 1.26. The maximum atomic E-state index is 13.1. The van der Waals surface area contributed by atoms with E-state index < -0.39 is 0 Å². The molecule has 0 spiro atoms. The Hall–Kier alpha value is -3.78. The summed E-state index contributed by atoms with van der Waals surface area (Å²) in [5.41, 5.74) is 3.32. The number of nitrogens with zero attached hydrogens (tertiary/aromatic N) is 1. The van der Waals surface area contributed by atoms with Crippen LogP contribution in [0.15, 0.2) is 70.6 Å². The minimum Gasteiger partial charge on any atom is -0.494 e. The molecule has 0 saturated carbocycles. The molecule has 0 bridgehead atoms. The lowest BCUT2D eigenvalue weighted by molar-refractivity contribution is -0.115. The Balaban J connectivity index is 1.52. The average Bonchev–Trinajstić information content (AvgIpc) is 3.18. The van der Waals surface area contributed by atoms with E-state index in [4.69, 9.17) is 14.2 Å². The molecular formula is C27H25FN2O4S. The number of halogens is 1. The molecule has 35 heavy (non-hydrogen) atoms. The van der Waals surface area contributed by atoms with Gasteiger partial charge in [0.05, 0.1) is 18.6 Å². The van der Waals surface area contributed by atoms with Gasteiger partial charge in [0.25, 0.3) is 5.91 Å². The molecule has 3 aromatic carbocycles. The predicted octanol–water partition coefficient (Wildman–Crippen LogP) is 6.01. The lowest BCUT2D eigenvalue weighted by Gasteiger charge is -2.13. The lowest BCUT2D eigenvalue weighted by atomic mass is 10.2. The Morgan fingerprint density at radius 1 is 1.00 bits per heavy atom. The van der Waals surface area contributed by atoms with Gasteiger partial charge in [-0.2, -0.15) is 0 Å². The van der Waals surface area contributed by atoms with Crippen molar-refractivity contribution in [1.29, 1.82) is 0 Å². The molecule has 0 unspecified atom stereocenters. The molecule has 1 aliphatic rings. The number of rotatable bonds is 8. The first-order valence-electron chi connectivity index (χ1n) is 11.0. The van der Waals surface area contributed by atoms with Gasteiger partial charge >= 0.3 is 0 Å². The highest BCUT2D eigenvalue weighted by Crippen LogP contribution is 2.34. The zero-order chi connectivity index (χ0) is 24.8. The summed E-state index contributed by atoms with van der Waals surface area (Å²) in [6, 6.07) is 17.3. The van der Waals surface area contributed by atoms with Gasteiger partial charge in [0, 0.05) is 0 Å². The van der Waals surface area contributed by atoms with Gasteiger partial charge in [0.1, 0.15) is 23.9 Å². The minimum atomic E-state index is -0.291. The highest BCUT2D eigenvalue weighted by Gasteiger charge is 2.24. The second kappa shape index (κ2) is 11.1. The summed E-state index contributed by atoms with van der Waals surface area (Å²) in [5.74, 6) is 1.24. The molecule has 1 N–H and O–H groups in total. The van der Waals surface area contributed by atoms with E-state index in [9.17, 15) is 9.18 Å². The maximum absolute atomic E-state index is 13.1. The number of aliphatic imine (C=N–C) groups is 1. The molecule has 180 valence electrons. The van der Waals surface area contributed by atoms with Crippen molar-refractivity contribution in [3.8, 4) is 17.2 Å². The van der Waals surface area contributed by atoms with E-state index in [1.165, 1.54) is 23.9 Å². The van der Waals surface area contributed by atoms with Crippen molar-refractivity contribution in [1.82, 2.24) is 5.32 Å². The fourth-order valence-corrected chi connectivity index (χ4v) is 4.21. The molecule has 4 rings (SSSR count). The number of thioether (sulfide) groups is 1. The molecule has 0 atom stereocenters. The normalized spacial score (nSPS) is 15.4. The van der Waals surface area contributed by atoms with Gasteiger partial charge < -0.3 is 19.5 Å². The smallest absolute Gasteiger partial charge is 0.264 e. The van der Waals surface area contributed by atoms with Crippen LogP contribution in [0, 0.1) is 12.7 Å². The number of nitrogens with one attached hydrogen (secondary N) is 1. The van der Waals surface area contributed by atoms with Crippen LogP contribution in [0.2, 0.25) is 0 Å². The van der Waals surface area contributed by atoms with E-state index in [1.807, 2.05) is 44.2 Å². The number of benzene rings is 3. The molecule has 1 aliphatic heterocycles. The van der Waals surface area contributed by atoms with Crippen LogP contribution in [0.25, 0.3) is 6.08 Å². The van der Waals surface area contributed by atoms with Gasteiger partial charge in [0.2, 0.25) is 0 Å². The molecule has 1 heterocycles. The van der Waals surface area contributed by atoms with Crippen molar-refractivity contribution < 1.29 is 23.4 Å². The summed E-state index contributed by atoms with van der Waals surface area (Å²) < 4.78 is 30.1. The van der Waals surface area contributed by atoms with Crippen LogP contribution in [0.1, 0.15) is 23.6 Å². The van der Waals surface area contributed by atoms with Gasteiger partial charge in [-0.15, -0.1) is 0 Å². The van der Waals surface area contributed by atoms with E-state index in [-0.39, 0.29) is 18.3 Å². The summed E-state index contributed by atoms with van der Waals surface area (Å²) in [7, 11) is 1.59. The number of aryl methyl sites for hydroxylation is 1. The first kappa shape index (κ1) is 24.3. The van der Waals surface area contributed by atoms with Crippen LogP contribution in [-0.4, -0.2) is 24.8 Å². The molecule has 1 fully saturated rings. The van der Waals surface area contributed by atoms with Crippen LogP contribution in [0.3, 0.4) is 0 Å². The number of carbonyl (C=O) groups excluding carboxylic acids is 1. The second-order valence-corrected chi connectivity index (χ2v) is 8.74. The van der Waals surface area contributed by atoms with Crippen LogP contribution < -0.4 is 19.5 Å². The van der Waals surface area contributed by atoms with Gasteiger partial charge in [-0.05, 0) is 84.8 Å². The number of carbonyl (C=O) groups is 1. The highest BCUT2D eigenvalue weighted by atomic mass is 32.2. The van der Waals surface area contributed by atoms with Crippen molar-refractivity contribution in [2.24, 2.45) is 4.99 Å². The van der Waals surface area contributed by atoms with E-state index in [0.29, 0.717) is 39.6 Å². The summed E-state index contributed by atoms with van der Waals surface area (Å²) in [6.45, 7) is 4.59. The Kier molecular flexibility index (Phi) is 7.72. The van der Waals surface area contributed by atoms with Crippen molar-refractivity contribution in [2.75, 3.05) is 13.7 Å². The molecule has 1 amide bonds. The highest BCUT2D eigenvalue weighted by molar-refractivity contribution is 8.18. The Bertz CT molecular complexity index is 1290. The van der Waals surface area contributed by atoms with Gasteiger partial charge in [-0.1, -0.05) is 24.3 Å². The summed E-state index contributed by atoms with van der Waals surface area (Å²) in [6.07, 6.45) is 1.78. The minimum absolute atomic E-state index is 0.227. The molecule has 3 aromatic rings. The molecule has 0 radical (unpaired) electrons. The lowest BCUT2D eigenvalue weighted by Crippen LogP contribution is -2.19. The van der Waals surface area contributed by atoms with Crippen LogP contribution in [0.5, 0.6) is 17.2 Å². The first-order valence-corrected chi connectivity index (χ1v) is 11.8. The van der Waals surface area contributed by atoms with Crippen LogP contribution in [0.4, 0.5) is 10.1 Å². The largest absolute Gasteiger partial charge is 0.494 e. The van der Waals surface area contributed by atoms with E-state index in [2.05, 4.69) is 10.3 Å². The standard InChI is InChI=1S/C27H25FN2O4S/c1-4-33-24-14-19(8-12-23(24)34-16-18-6-9-20(28)10-7-18)15-25-26(31)30-27(35-25)29-21-13-17(2)5-11-22(21)32-3/h5-15H,4,16H2,1-3H3,(H,29,30,31)/b25-15-. The van der Waals surface area contributed by atoms with Gasteiger partial charge in [-0.3, -0.25) is 4.79 Å². The third-order valence-corrected chi connectivity index (χ3v) is 5.99. The third-order valence-electron chi connectivity index (χ3n) is 5.08. The SMILES string of the molecule is CCOc1cc(/C=C2\SC(=Nc3cc(C)ccc3OC)NC2=O)ccc1OCc1ccc(F)cc1. The molecule has 0 aliphatic carbocycles. The van der Waals surface area contributed by atoms with E-state index >= 15 is 0 Å². The van der Waals surface area contributed by atoms with Gasteiger partial charge in [-0.25, -0.2) is 9.38 Å². The number of methoxy groups -OCH3 is 1. The van der Waals surface area contributed by atoms with Crippen LogP contribution in [-0.2, 0) is 11.4 Å². The molecule has 8 heteroatoms. The number of amides is 1. The first-order chi connectivity index (χ1) is 16.9. The molecule has 1 saturated heterocycles. The number of amidine groups is 1. The summed E-state index contributed by atoms with van der Waals surface area (Å²) in [4.78, 5) is 17.6. The second-order valence-electron chi connectivity index (χ2n) is 7.71. The van der Waals surface area contributed by atoms with E-state index in [0.717, 1.165) is 16.7 Å². The van der Waals surface area contributed by atoms with Gasteiger partial charge in [0.15, 0.2) is 16.7 Å². The monoisotopic (exact) mass is 492 g/mol. The molecule has 0 aromatic heterocycles. The van der Waals surface area contributed by atoms with E-state index in [1.54, 1.807) is 31.4 Å². The maximum Gasteiger partial charge on any atom is 0.264 e. The Labute approximate surface area is 207 Å². The fraction of sp³-hybridized carbons (Fsp3) is 0.185. The number of ether oxygens (including phenoxy) is 3. The number of hydrogen-bond donors (Lipinski definition) is 1.